The van der Waals surface area contributed by atoms with Gasteiger partial charge in [-0.1, -0.05) is 6.92 Å². The number of nitrogens with zero attached hydrogens (tertiary/aromatic N) is 1. The maximum Gasteiger partial charge on any atom is 0.0550 e. The standard InChI is InChI=1S/C13H17N3S/c1-3-12-4-5-13(17-12)9-16-11-6-10(14-2)7-15-8-11/h4-8,14,16H,3,9H2,1-2H3. The summed E-state index contributed by atoms with van der Waals surface area (Å²) in [7, 11) is 1.90. The van der Waals surface area contributed by atoms with Gasteiger partial charge in [0.25, 0.3) is 0 Å². The average Bonchev–Trinajstić information content (AvgIpc) is 2.84. The van der Waals surface area contributed by atoms with Gasteiger partial charge in [0.05, 0.1) is 23.8 Å². The van der Waals surface area contributed by atoms with Gasteiger partial charge in [0, 0.05) is 23.3 Å². The molecule has 4 heteroatoms. The molecule has 0 aliphatic carbocycles. The van der Waals surface area contributed by atoms with Crippen LogP contribution in [-0.4, -0.2) is 12.0 Å². The van der Waals surface area contributed by atoms with Gasteiger partial charge >= 0.3 is 0 Å². The van der Waals surface area contributed by atoms with E-state index in [0.29, 0.717) is 0 Å². The fraction of sp³-hybridized carbons (Fsp3) is 0.308. The molecule has 0 saturated heterocycles. The van der Waals surface area contributed by atoms with Gasteiger partial charge < -0.3 is 10.6 Å². The lowest BCUT2D eigenvalue weighted by atomic mass is 10.3. The highest BCUT2D eigenvalue weighted by atomic mass is 32.1. The number of nitrogens with one attached hydrogen (secondary N) is 2. The van der Waals surface area contributed by atoms with Gasteiger partial charge in [0.1, 0.15) is 0 Å². The second-order valence-corrected chi connectivity index (χ2v) is 5.04. The Morgan fingerprint density at radius 1 is 1.18 bits per heavy atom. The molecular formula is C13H17N3S. The summed E-state index contributed by atoms with van der Waals surface area (Å²) in [6, 6.07) is 6.44. The van der Waals surface area contributed by atoms with E-state index in [9.17, 15) is 0 Å². The third-order valence-electron chi connectivity index (χ3n) is 2.56. The van der Waals surface area contributed by atoms with Crippen LogP contribution in [0.25, 0.3) is 0 Å². The highest BCUT2D eigenvalue weighted by molar-refractivity contribution is 7.12. The molecule has 0 radical (unpaired) electrons. The quantitative estimate of drug-likeness (QED) is 0.850. The molecule has 0 amide bonds. The number of aryl methyl sites for hydroxylation is 1. The number of thiophene rings is 1. The molecule has 0 atom stereocenters. The monoisotopic (exact) mass is 247 g/mol. The Kier molecular flexibility index (Phi) is 3.98. The first-order valence-electron chi connectivity index (χ1n) is 5.76. The summed E-state index contributed by atoms with van der Waals surface area (Å²) in [6.45, 7) is 3.04. The maximum atomic E-state index is 4.17. The van der Waals surface area contributed by atoms with Crippen LogP contribution >= 0.6 is 11.3 Å². The zero-order valence-corrected chi connectivity index (χ0v) is 11.0. The summed E-state index contributed by atoms with van der Waals surface area (Å²) < 4.78 is 0. The number of hydrogen-bond donors (Lipinski definition) is 2. The largest absolute Gasteiger partial charge is 0.387 e. The minimum absolute atomic E-state index is 0.861. The van der Waals surface area contributed by atoms with Crippen LogP contribution < -0.4 is 10.6 Å². The van der Waals surface area contributed by atoms with Crippen molar-refractivity contribution in [3.05, 3.63) is 40.3 Å². The molecule has 0 aromatic carbocycles. The Bertz CT molecular complexity index is 479. The molecule has 0 aliphatic heterocycles. The van der Waals surface area contributed by atoms with Crippen LogP contribution in [0, 0.1) is 0 Å². The Labute approximate surface area is 106 Å². The molecule has 0 saturated carbocycles. The second kappa shape index (κ2) is 5.68. The summed E-state index contributed by atoms with van der Waals surface area (Å²) in [5, 5.41) is 6.46. The molecule has 90 valence electrons. The first-order chi connectivity index (χ1) is 8.31. The van der Waals surface area contributed by atoms with Crippen LogP contribution in [0.15, 0.2) is 30.6 Å². The van der Waals surface area contributed by atoms with Crippen LogP contribution in [0.1, 0.15) is 16.7 Å². The smallest absolute Gasteiger partial charge is 0.0550 e. The molecule has 2 aromatic rings. The van der Waals surface area contributed by atoms with Crippen molar-refractivity contribution in [1.29, 1.82) is 0 Å². The molecule has 17 heavy (non-hydrogen) atoms. The van der Waals surface area contributed by atoms with Crippen LogP contribution in [0.3, 0.4) is 0 Å². The van der Waals surface area contributed by atoms with Crippen LogP contribution in [0.5, 0.6) is 0 Å². The van der Waals surface area contributed by atoms with E-state index in [1.807, 2.05) is 30.8 Å². The fourth-order valence-electron chi connectivity index (χ4n) is 1.57. The number of pyridine rings is 1. The Morgan fingerprint density at radius 3 is 2.65 bits per heavy atom. The highest BCUT2D eigenvalue weighted by Gasteiger charge is 1.99. The number of hydrogen-bond acceptors (Lipinski definition) is 4. The first kappa shape index (κ1) is 11.9. The average molecular weight is 247 g/mol. The zero-order valence-electron chi connectivity index (χ0n) is 10.2. The van der Waals surface area contributed by atoms with E-state index in [2.05, 4.69) is 40.7 Å². The number of anilines is 2. The van der Waals surface area contributed by atoms with Crippen molar-refractivity contribution in [2.45, 2.75) is 19.9 Å². The van der Waals surface area contributed by atoms with Crippen LogP contribution in [0.2, 0.25) is 0 Å². The van der Waals surface area contributed by atoms with Crippen molar-refractivity contribution in [1.82, 2.24) is 4.98 Å². The minimum atomic E-state index is 0.861. The van der Waals surface area contributed by atoms with Gasteiger partial charge in [-0.3, -0.25) is 4.98 Å². The third-order valence-corrected chi connectivity index (χ3v) is 3.79. The lowest BCUT2D eigenvalue weighted by Gasteiger charge is -2.06. The molecule has 0 aliphatic rings. The van der Waals surface area contributed by atoms with E-state index in [-0.39, 0.29) is 0 Å². The normalized spacial score (nSPS) is 10.2. The predicted molar refractivity (Wildman–Crippen MR) is 74.8 cm³/mol. The van der Waals surface area contributed by atoms with Gasteiger partial charge in [-0.05, 0) is 24.6 Å². The molecule has 0 fully saturated rings. The number of rotatable bonds is 5. The van der Waals surface area contributed by atoms with Crippen molar-refractivity contribution >= 4 is 22.7 Å². The van der Waals surface area contributed by atoms with Crippen molar-refractivity contribution in [3.63, 3.8) is 0 Å². The van der Waals surface area contributed by atoms with Gasteiger partial charge in [-0.25, -0.2) is 0 Å². The Balaban J connectivity index is 1.96. The lowest BCUT2D eigenvalue weighted by molar-refractivity contribution is 1.17. The lowest BCUT2D eigenvalue weighted by Crippen LogP contribution is -1.99. The second-order valence-electron chi connectivity index (χ2n) is 3.79. The molecule has 0 spiro atoms. The molecule has 2 N–H and O–H groups in total. The number of aromatic nitrogens is 1. The zero-order chi connectivity index (χ0) is 12.1. The molecule has 2 rings (SSSR count). The fourth-order valence-corrected chi connectivity index (χ4v) is 2.47. The first-order valence-corrected chi connectivity index (χ1v) is 6.57. The third kappa shape index (κ3) is 3.20. The van der Waals surface area contributed by atoms with E-state index in [1.165, 1.54) is 9.75 Å². The SMILES string of the molecule is CCc1ccc(CNc2cncc(NC)c2)s1. The van der Waals surface area contributed by atoms with Gasteiger partial charge in [0.2, 0.25) is 0 Å². The van der Waals surface area contributed by atoms with E-state index >= 15 is 0 Å². The molecule has 0 bridgehead atoms. The molecule has 3 nitrogen and oxygen atoms in total. The van der Waals surface area contributed by atoms with E-state index in [0.717, 1.165) is 24.3 Å². The summed E-state index contributed by atoms with van der Waals surface area (Å²) >= 11 is 1.86. The van der Waals surface area contributed by atoms with E-state index < -0.39 is 0 Å². The van der Waals surface area contributed by atoms with Crippen LogP contribution in [-0.2, 0) is 13.0 Å². The van der Waals surface area contributed by atoms with Crippen LogP contribution in [0.4, 0.5) is 11.4 Å². The molecule has 2 aromatic heterocycles. The summed E-state index contributed by atoms with van der Waals surface area (Å²) in [5.41, 5.74) is 2.07. The van der Waals surface area contributed by atoms with Crippen molar-refractivity contribution in [2.24, 2.45) is 0 Å². The van der Waals surface area contributed by atoms with Gasteiger partial charge in [-0.15, -0.1) is 11.3 Å². The molecule has 2 heterocycles. The summed E-state index contributed by atoms with van der Waals surface area (Å²) in [4.78, 5) is 6.96. The van der Waals surface area contributed by atoms with Gasteiger partial charge in [-0.2, -0.15) is 0 Å². The van der Waals surface area contributed by atoms with Crippen molar-refractivity contribution in [3.8, 4) is 0 Å². The Hall–Kier alpha value is -1.55. The molecular weight excluding hydrogens is 230 g/mol. The maximum absolute atomic E-state index is 4.17. The topological polar surface area (TPSA) is 37.0 Å². The minimum Gasteiger partial charge on any atom is -0.387 e. The van der Waals surface area contributed by atoms with Gasteiger partial charge in [0.15, 0.2) is 0 Å². The molecule has 0 unspecified atom stereocenters. The summed E-state index contributed by atoms with van der Waals surface area (Å²) in [6.07, 6.45) is 4.77. The van der Waals surface area contributed by atoms with Crippen molar-refractivity contribution in [2.75, 3.05) is 17.7 Å². The van der Waals surface area contributed by atoms with Crippen molar-refractivity contribution < 1.29 is 0 Å². The van der Waals surface area contributed by atoms with E-state index in [4.69, 9.17) is 0 Å². The van der Waals surface area contributed by atoms with E-state index in [1.54, 1.807) is 0 Å². The highest BCUT2D eigenvalue weighted by Crippen LogP contribution is 2.19. The predicted octanol–water partition coefficient (Wildman–Crippen LogP) is 3.36. The summed E-state index contributed by atoms with van der Waals surface area (Å²) in [5.74, 6) is 0. The Morgan fingerprint density at radius 2 is 1.94 bits per heavy atom.